The number of rotatable bonds is 7. The van der Waals surface area contributed by atoms with Gasteiger partial charge in [-0.15, -0.1) is 0 Å². The molecule has 0 aliphatic carbocycles. The molecule has 2 aliphatic heterocycles. The van der Waals surface area contributed by atoms with Crippen LogP contribution >= 0.6 is 0 Å². The summed E-state index contributed by atoms with van der Waals surface area (Å²) in [5.74, 6) is 0.357. The summed E-state index contributed by atoms with van der Waals surface area (Å²) >= 11 is 0. The van der Waals surface area contributed by atoms with Crippen LogP contribution in [0.15, 0.2) is 18.2 Å². The number of ether oxygens (including phenoxy) is 2. The van der Waals surface area contributed by atoms with E-state index >= 15 is 0 Å². The Morgan fingerprint density at radius 1 is 1.31 bits per heavy atom. The summed E-state index contributed by atoms with van der Waals surface area (Å²) in [6, 6.07) is 4.35. The predicted octanol–water partition coefficient (Wildman–Crippen LogP) is 3.08. The Balaban J connectivity index is 1.52. The van der Waals surface area contributed by atoms with Gasteiger partial charge in [0.1, 0.15) is 11.6 Å². The van der Waals surface area contributed by atoms with Gasteiger partial charge in [-0.05, 0) is 37.3 Å². The van der Waals surface area contributed by atoms with Gasteiger partial charge in [-0.3, -0.25) is 4.79 Å². The number of benzene rings is 1. The monoisotopic (exact) mass is 364 g/mol. The Bertz CT molecular complexity index is 617. The summed E-state index contributed by atoms with van der Waals surface area (Å²) < 4.78 is 24.6. The minimum atomic E-state index is -0.348. The number of fused-ring (bicyclic) bond motifs is 1. The topological polar surface area (TPSA) is 42.0 Å². The van der Waals surface area contributed by atoms with Crippen molar-refractivity contribution in [2.24, 2.45) is 5.92 Å². The van der Waals surface area contributed by atoms with E-state index in [1.165, 1.54) is 12.1 Å². The molecule has 3 rings (SSSR count). The highest BCUT2D eigenvalue weighted by molar-refractivity contribution is 5.97. The molecule has 0 N–H and O–H groups in total. The molecule has 0 spiro atoms. The first-order chi connectivity index (χ1) is 12.6. The summed E-state index contributed by atoms with van der Waals surface area (Å²) in [6.07, 6.45) is 3.61. The second-order valence-corrected chi connectivity index (χ2v) is 7.38. The minimum Gasteiger partial charge on any atom is -0.481 e. The fraction of sp³-hybridized carbons (Fsp3) is 0.650. The maximum atomic E-state index is 13.4. The number of amides is 1. The zero-order valence-corrected chi connectivity index (χ0v) is 15.7. The summed E-state index contributed by atoms with van der Waals surface area (Å²) in [4.78, 5) is 16.5. The van der Waals surface area contributed by atoms with Crippen molar-refractivity contribution in [3.8, 4) is 5.75 Å². The van der Waals surface area contributed by atoms with Gasteiger partial charge in [-0.25, -0.2) is 4.39 Å². The van der Waals surface area contributed by atoms with E-state index in [-0.39, 0.29) is 18.3 Å². The number of hydrogen-bond donors (Lipinski definition) is 0. The molecule has 5 nitrogen and oxygen atoms in total. The highest BCUT2D eigenvalue weighted by atomic mass is 19.1. The van der Waals surface area contributed by atoms with Gasteiger partial charge in [0.25, 0.3) is 5.91 Å². The van der Waals surface area contributed by atoms with Crippen LogP contribution < -0.4 is 9.64 Å². The van der Waals surface area contributed by atoms with E-state index in [0.717, 1.165) is 45.5 Å². The molecule has 2 heterocycles. The highest BCUT2D eigenvalue weighted by Crippen LogP contribution is 2.33. The van der Waals surface area contributed by atoms with Crippen LogP contribution in [0.25, 0.3) is 0 Å². The van der Waals surface area contributed by atoms with Gasteiger partial charge in [-0.2, -0.15) is 0 Å². The van der Waals surface area contributed by atoms with Gasteiger partial charge >= 0.3 is 0 Å². The maximum absolute atomic E-state index is 13.4. The Morgan fingerprint density at radius 3 is 2.81 bits per heavy atom. The molecule has 144 valence electrons. The number of likely N-dealkylation sites (tertiary alicyclic amines) is 1. The molecule has 26 heavy (non-hydrogen) atoms. The molecule has 0 saturated carbocycles. The van der Waals surface area contributed by atoms with Crippen molar-refractivity contribution in [3.05, 3.63) is 24.0 Å². The predicted molar refractivity (Wildman–Crippen MR) is 99.1 cm³/mol. The van der Waals surface area contributed by atoms with Crippen molar-refractivity contribution in [3.63, 3.8) is 0 Å². The second kappa shape index (κ2) is 8.82. The molecule has 1 amide bonds. The average molecular weight is 364 g/mol. The van der Waals surface area contributed by atoms with Crippen LogP contribution in [0.2, 0.25) is 0 Å². The lowest BCUT2D eigenvalue weighted by Gasteiger charge is -2.36. The zero-order chi connectivity index (χ0) is 18.5. The van der Waals surface area contributed by atoms with Crippen LogP contribution in [0.5, 0.6) is 5.75 Å². The SMILES string of the molecule is CCCOC1CCN(C[C@@H](C)CN2C(=O)COc3cc(F)ccc32)CC1. The number of halogens is 1. The van der Waals surface area contributed by atoms with Crippen molar-refractivity contribution < 1.29 is 18.7 Å². The van der Waals surface area contributed by atoms with Gasteiger partial charge in [0, 0.05) is 38.9 Å². The molecule has 0 radical (unpaired) electrons. The Kier molecular flexibility index (Phi) is 6.48. The Labute approximate surface area is 155 Å². The summed E-state index contributed by atoms with van der Waals surface area (Å²) in [5, 5.41) is 0. The van der Waals surface area contributed by atoms with Gasteiger partial charge in [0.05, 0.1) is 11.8 Å². The molecule has 1 saturated heterocycles. The fourth-order valence-electron chi connectivity index (χ4n) is 3.73. The van der Waals surface area contributed by atoms with Gasteiger partial charge in [-0.1, -0.05) is 13.8 Å². The number of carbonyl (C=O) groups is 1. The number of nitrogens with zero attached hydrogens (tertiary/aromatic N) is 2. The third kappa shape index (κ3) is 4.74. The van der Waals surface area contributed by atoms with E-state index in [0.29, 0.717) is 30.0 Å². The Morgan fingerprint density at radius 2 is 2.08 bits per heavy atom. The van der Waals surface area contributed by atoms with Crippen molar-refractivity contribution in [2.45, 2.75) is 39.2 Å². The fourth-order valence-corrected chi connectivity index (χ4v) is 3.73. The third-order valence-corrected chi connectivity index (χ3v) is 5.02. The van der Waals surface area contributed by atoms with E-state index in [9.17, 15) is 9.18 Å². The zero-order valence-electron chi connectivity index (χ0n) is 15.7. The lowest BCUT2D eigenvalue weighted by Crippen LogP contribution is -2.45. The first kappa shape index (κ1) is 19.1. The van der Waals surface area contributed by atoms with E-state index in [1.807, 2.05) is 0 Å². The lowest BCUT2D eigenvalue weighted by atomic mass is 10.0. The molecule has 0 bridgehead atoms. The van der Waals surface area contributed by atoms with Crippen LogP contribution in [-0.2, 0) is 9.53 Å². The lowest BCUT2D eigenvalue weighted by molar-refractivity contribution is -0.121. The Hall–Kier alpha value is -1.66. The first-order valence-electron chi connectivity index (χ1n) is 9.63. The smallest absolute Gasteiger partial charge is 0.265 e. The average Bonchev–Trinajstić information content (AvgIpc) is 2.63. The third-order valence-electron chi connectivity index (χ3n) is 5.02. The number of hydrogen-bond acceptors (Lipinski definition) is 4. The van der Waals surface area contributed by atoms with Gasteiger partial charge in [0.2, 0.25) is 0 Å². The van der Waals surface area contributed by atoms with E-state index in [2.05, 4.69) is 18.7 Å². The van der Waals surface area contributed by atoms with Crippen LogP contribution in [0, 0.1) is 11.7 Å². The first-order valence-corrected chi connectivity index (χ1v) is 9.63. The van der Waals surface area contributed by atoms with Crippen molar-refractivity contribution in [2.75, 3.05) is 44.3 Å². The summed E-state index contributed by atoms with van der Waals surface area (Å²) in [5.41, 5.74) is 0.668. The van der Waals surface area contributed by atoms with Gasteiger partial charge in [0.15, 0.2) is 6.61 Å². The molecule has 0 unspecified atom stereocenters. The summed E-state index contributed by atoms with van der Waals surface area (Å²) in [6.45, 7) is 8.76. The largest absolute Gasteiger partial charge is 0.481 e. The van der Waals surface area contributed by atoms with Crippen molar-refractivity contribution in [1.29, 1.82) is 0 Å². The molecule has 1 atom stereocenters. The maximum Gasteiger partial charge on any atom is 0.265 e. The standard InChI is InChI=1S/C20H29FN2O3/c1-3-10-25-17-6-8-22(9-7-17)12-15(2)13-23-18-5-4-16(21)11-19(18)26-14-20(23)24/h4-5,11,15,17H,3,6-10,12-14H2,1-2H3/t15-/m1/s1. The summed E-state index contributed by atoms with van der Waals surface area (Å²) in [7, 11) is 0. The van der Waals surface area contributed by atoms with Crippen LogP contribution in [0.4, 0.5) is 10.1 Å². The van der Waals surface area contributed by atoms with E-state index in [4.69, 9.17) is 9.47 Å². The molecule has 6 heteroatoms. The van der Waals surface area contributed by atoms with Gasteiger partial charge < -0.3 is 19.3 Å². The normalized spacial score (nSPS) is 20.0. The molecule has 1 aromatic rings. The molecule has 1 aromatic carbocycles. The molecular weight excluding hydrogens is 335 g/mol. The number of piperidine rings is 1. The quantitative estimate of drug-likeness (QED) is 0.746. The molecule has 0 aromatic heterocycles. The van der Waals surface area contributed by atoms with E-state index < -0.39 is 0 Å². The minimum absolute atomic E-state index is 0.0245. The van der Waals surface area contributed by atoms with Crippen molar-refractivity contribution >= 4 is 11.6 Å². The van der Waals surface area contributed by atoms with Crippen LogP contribution in [0.1, 0.15) is 33.1 Å². The molecule has 2 aliphatic rings. The number of anilines is 1. The van der Waals surface area contributed by atoms with Crippen LogP contribution in [0.3, 0.4) is 0 Å². The number of carbonyl (C=O) groups excluding carboxylic acids is 1. The van der Waals surface area contributed by atoms with Crippen molar-refractivity contribution in [1.82, 2.24) is 4.90 Å². The molecular formula is C20H29FN2O3. The highest BCUT2D eigenvalue weighted by Gasteiger charge is 2.28. The van der Waals surface area contributed by atoms with E-state index in [1.54, 1.807) is 11.0 Å². The second-order valence-electron chi connectivity index (χ2n) is 7.38. The molecule has 1 fully saturated rings. The van der Waals surface area contributed by atoms with Crippen LogP contribution in [-0.4, -0.2) is 56.3 Å².